The van der Waals surface area contributed by atoms with Crippen LogP contribution >= 0.6 is 0 Å². The molecule has 4 rings (SSSR count). The van der Waals surface area contributed by atoms with E-state index < -0.39 is 0 Å². The third kappa shape index (κ3) is 1.84. The molecule has 1 atom stereocenters. The highest BCUT2D eigenvalue weighted by molar-refractivity contribution is 6.08. The number of hydrogen-bond acceptors (Lipinski definition) is 3. The molecule has 0 aromatic heterocycles. The first-order valence-corrected chi connectivity index (χ1v) is 7.41. The Labute approximate surface area is 128 Å². The third-order valence-electron chi connectivity index (χ3n) is 4.43. The summed E-state index contributed by atoms with van der Waals surface area (Å²) in [7, 11) is 0. The van der Waals surface area contributed by atoms with Crippen LogP contribution < -0.4 is 4.90 Å². The lowest BCUT2D eigenvalue weighted by molar-refractivity contribution is -0.116. The average Bonchev–Trinajstić information content (AvgIpc) is 3.08. The summed E-state index contributed by atoms with van der Waals surface area (Å²) in [6.45, 7) is 1.59. The summed E-state index contributed by atoms with van der Waals surface area (Å²) in [5.41, 5.74) is 4.77. The van der Waals surface area contributed by atoms with Gasteiger partial charge in [-0.25, -0.2) is 0 Å². The van der Waals surface area contributed by atoms with Gasteiger partial charge in [0.15, 0.2) is 0 Å². The molecule has 1 amide bonds. The Kier molecular flexibility index (Phi) is 2.79. The molecule has 1 N–H and O–H groups in total. The normalized spacial score (nSPS) is 18.9. The van der Waals surface area contributed by atoms with Crippen LogP contribution in [0.4, 0.5) is 11.4 Å². The van der Waals surface area contributed by atoms with Crippen molar-refractivity contribution in [2.45, 2.75) is 25.8 Å². The van der Waals surface area contributed by atoms with Gasteiger partial charge >= 0.3 is 0 Å². The van der Waals surface area contributed by atoms with Crippen LogP contribution in [0.1, 0.15) is 18.1 Å². The minimum Gasteiger partial charge on any atom is -0.506 e. The van der Waals surface area contributed by atoms with Gasteiger partial charge in [-0.3, -0.25) is 9.79 Å². The van der Waals surface area contributed by atoms with Gasteiger partial charge in [-0.15, -0.1) is 0 Å². The first-order valence-electron chi connectivity index (χ1n) is 7.41. The molecule has 0 bridgehead atoms. The summed E-state index contributed by atoms with van der Waals surface area (Å²) in [6.07, 6.45) is 1.47. The summed E-state index contributed by atoms with van der Waals surface area (Å²) in [4.78, 5) is 18.6. The van der Waals surface area contributed by atoms with E-state index in [9.17, 15) is 9.90 Å². The second kappa shape index (κ2) is 4.70. The molecule has 0 spiro atoms. The molecule has 2 aromatic rings. The zero-order chi connectivity index (χ0) is 15.3. The number of phenols is 1. The van der Waals surface area contributed by atoms with E-state index in [-0.39, 0.29) is 17.7 Å². The van der Waals surface area contributed by atoms with E-state index in [1.54, 1.807) is 13.0 Å². The van der Waals surface area contributed by atoms with E-state index >= 15 is 0 Å². The molecule has 2 aliphatic heterocycles. The number of fused-ring (bicyclic) bond motifs is 2. The van der Waals surface area contributed by atoms with Gasteiger partial charge in [0.25, 0.3) is 0 Å². The van der Waals surface area contributed by atoms with Crippen LogP contribution in [0.25, 0.3) is 0 Å². The second-order valence-corrected chi connectivity index (χ2v) is 5.80. The SMILES string of the molecule is CC(=O)N1c2ccccc2CC1C1=Nc2c(O)cccc2C1. The number of para-hydroxylation sites is 2. The number of amides is 1. The quantitative estimate of drug-likeness (QED) is 0.878. The summed E-state index contributed by atoms with van der Waals surface area (Å²) in [6, 6.07) is 13.4. The molecule has 1 unspecified atom stereocenters. The number of carbonyl (C=O) groups is 1. The second-order valence-electron chi connectivity index (χ2n) is 5.80. The number of hydrogen-bond donors (Lipinski definition) is 1. The Balaban J connectivity index is 1.75. The maximum absolute atomic E-state index is 12.1. The average molecular weight is 292 g/mol. The van der Waals surface area contributed by atoms with Crippen LogP contribution in [0, 0.1) is 0 Å². The van der Waals surface area contributed by atoms with Crippen molar-refractivity contribution in [3.63, 3.8) is 0 Å². The Hall–Kier alpha value is -2.62. The highest BCUT2D eigenvalue weighted by atomic mass is 16.3. The standard InChI is InChI=1S/C18H16N2O2/c1-11(21)20-15-7-3-2-5-12(15)10-16(20)14-9-13-6-4-8-17(22)18(13)19-14/h2-8,16,22H,9-10H2,1H3. The largest absolute Gasteiger partial charge is 0.506 e. The zero-order valence-corrected chi connectivity index (χ0v) is 12.3. The minimum atomic E-state index is -0.0540. The predicted octanol–water partition coefficient (Wildman–Crippen LogP) is 3.00. The highest BCUT2D eigenvalue weighted by Gasteiger charge is 2.37. The summed E-state index contributed by atoms with van der Waals surface area (Å²) in [5, 5.41) is 9.95. The molecule has 110 valence electrons. The molecule has 0 saturated carbocycles. The van der Waals surface area contributed by atoms with Crippen molar-refractivity contribution in [3.8, 4) is 5.75 Å². The van der Waals surface area contributed by atoms with Crippen LogP contribution in [0.15, 0.2) is 47.5 Å². The number of nitrogens with zero attached hydrogens (tertiary/aromatic N) is 2. The van der Waals surface area contributed by atoms with Crippen molar-refractivity contribution in [3.05, 3.63) is 53.6 Å². The molecule has 2 heterocycles. The topological polar surface area (TPSA) is 52.9 Å². The van der Waals surface area contributed by atoms with E-state index in [1.807, 2.05) is 35.2 Å². The van der Waals surface area contributed by atoms with Crippen LogP contribution in [0.5, 0.6) is 5.75 Å². The number of anilines is 1. The Morgan fingerprint density at radius 2 is 1.95 bits per heavy atom. The number of rotatable bonds is 1. The molecule has 0 fully saturated rings. The lowest BCUT2D eigenvalue weighted by Gasteiger charge is -2.24. The monoisotopic (exact) mass is 292 g/mol. The van der Waals surface area contributed by atoms with Crippen LogP contribution in [0.3, 0.4) is 0 Å². The van der Waals surface area contributed by atoms with Crippen molar-refractivity contribution in [2.75, 3.05) is 4.90 Å². The number of aliphatic imine (C=N–C) groups is 1. The van der Waals surface area contributed by atoms with Crippen molar-refractivity contribution in [1.29, 1.82) is 0 Å². The van der Waals surface area contributed by atoms with Crippen LogP contribution in [0.2, 0.25) is 0 Å². The maximum atomic E-state index is 12.1. The van der Waals surface area contributed by atoms with E-state index in [1.165, 1.54) is 5.56 Å². The van der Waals surface area contributed by atoms with Crippen molar-refractivity contribution < 1.29 is 9.90 Å². The minimum absolute atomic E-state index is 0.0258. The number of aromatic hydroxyl groups is 1. The van der Waals surface area contributed by atoms with Crippen molar-refractivity contribution in [2.24, 2.45) is 4.99 Å². The number of benzene rings is 2. The summed E-state index contributed by atoms with van der Waals surface area (Å²) >= 11 is 0. The summed E-state index contributed by atoms with van der Waals surface area (Å²) in [5.74, 6) is 0.232. The molecule has 0 aliphatic carbocycles. The lowest BCUT2D eigenvalue weighted by Crippen LogP contribution is -2.41. The van der Waals surface area contributed by atoms with E-state index in [0.717, 1.165) is 23.4 Å². The molecule has 4 heteroatoms. The third-order valence-corrected chi connectivity index (χ3v) is 4.43. The fourth-order valence-electron chi connectivity index (χ4n) is 3.46. The Morgan fingerprint density at radius 3 is 2.73 bits per heavy atom. The van der Waals surface area contributed by atoms with E-state index in [2.05, 4.69) is 11.1 Å². The molecule has 2 aromatic carbocycles. The fourth-order valence-corrected chi connectivity index (χ4v) is 3.46. The Morgan fingerprint density at radius 1 is 1.18 bits per heavy atom. The lowest BCUT2D eigenvalue weighted by atomic mass is 10.0. The summed E-state index contributed by atoms with van der Waals surface area (Å²) < 4.78 is 0. The highest BCUT2D eigenvalue weighted by Crippen LogP contribution is 2.39. The number of carbonyl (C=O) groups excluding carboxylic acids is 1. The predicted molar refractivity (Wildman–Crippen MR) is 86.0 cm³/mol. The first-order chi connectivity index (χ1) is 10.6. The van der Waals surface area contributed by atoms with Gasteiger partial charge in [0.2, 0.25) is 5.91 Å². The number of phenolic OH excluding ortho intramolecular Hbond substituents is 1. The zero-order valence-electron chi connectivity index (χ0n) is 12.3. The molecule has 4 nitrogen and oxygen atoms in total. The van der Waals surface area contributed by atoms with Crippen molar-refractivity contribution >= 4 is 23.0 Å². The van der Waals surface area contributed by atoms with Gasteiger partial charge in [0.1, 0.15) is 11.4 Å². The molecule has 0 saturated heterocycles. The first kappa shape index (κ1) is 13.1. The van der Waals surface area contributed by atoms with Crippen molar-refractivity contribution in [1.82, 2.24) is 0 Å². The van der Waals surface area contributed by atoms with Crippen LogP contribution in [-0.4, -0.2) is 22.8 Å². The smallest absolute Gasteiger partial charge is 0.224 e. The Bertz CT molecular complexity index is 810. The van der Waals surface area contributed by atoms with Gasteiger partial charge in [0.05, 0.1) is 6.04 Å². The van der Waals surface area contributed by atoms with Gasteiger partial charge in [-0.1, -0.05) is 30.3 Å². The van der Waals surface area contributed by atoms with Gasteiger partial charge in [0, 0.05) is 31.2 Å². The van der Waals surface area contributed by atoms with Gasteiger partial charge in [-0.05, 0) is 23.3 Å². The van der Waals surface area contributed by atoms with E-state index in [4.69, 9.17) is 0 Å². The maximum Gasteiger partial charge on any atom is 0.224 e. The van der Waals surface area contributed by atoms with Gasteiger partial charge in [-0.2, -0.15) is 0 Å². The molecular weight excluding hydrogens is 276 g/mol. The molecule has 2 aliphatic rings. The van der Waals surface area contributed by atoms with Gasteiger partial charge < -0.3 is 10.0 Å². The molecule has 0 radical (unpaired) electrons. The fraction of sp³-hybridized carbons (Fsp3) is 0.222. The molecule has 22 heavy (non-hydrogen) atoms. The van der Waals surface area contributed by atoms with E-state index in [0.29, 0.717) is 12.1 Å². The van der Waals surface area contributed by atoms with Crippen LogP contribution in [-0.2, 0) is 17.6 Å². The molecular formula is C18H16N2O2.